The lowest BCUT2D eigenvalue weighted by atomic mass is 10.2. The second-order valence-electron chi connectivity index (χ2n) is 4.19. The van der Waals surface area contributed by atoms with Crippen molar-refractivity contribution in [2.24, 2.45) is 5.73 Å². The fraction of sp³-hybridized carbons (Fsp3) is 0.357. The first-order valence-corrected chi connectivity index (χ1v) is 7.97. The highest BCUT2D eigenvalue weighted by atomic mass is 79.9. The van der Waals surface area contributed by atoms with Crippen LogP contribution >= 0.6 is 27.3 Å². The second kappa shape index (κ2) is 7.06. The molecule has 1 aromatic heterocycles. The van der Waals surface area contributed by atoms with Gasteiger partial charge < -0.3 is 15.2 Å². The Labute approximate surface area is 131 Å². The van der Waals surface area contributed by atoms with E-state index in [1.54, 1.807) is 18.4 Å². The molecule has 0 aliphatic carbocycles. The molecule has 0 aliphatic rings. The number of rotatable bonds is 6. The number of nitrogens with two attached hydrogens (primary N) is 1. The number of hydrogen-bond acceptors (Lipinski definition) is 5. The quantitative estimate of drug-likeness (QED) is 0.860. The molecule has 2 aromatic rings. The molecular formula is C14H17BrN2O2S. The molecule has 0 amide bonds. The van der Waals surface area contributed by atoms with Crippen molar-refractivity contribution in [3.63, 3.8) is 0 Å². The molecule has 0 saturated heterocycles. The number of nitrogens with zero attached hydrogens (tertiary/aromatic N) is 1. The third-order valence-electron chi connectivity index (χ3n) is 2.79. The van der Waals surface area contributed by atoms with Crippen molar-refractivity contribution in [2.45, 2.75) is 26.5 Å². The van der Waals surface area contributed by atoms with Gasteiger partial charge in [0.15, 0.2) is 11.5 Å². The Morgan fingerprint density at radius 1 is 1.40 bits per heavy atom. The molecule has 0 aliphatic heterocycles. The molecule has 1 heterocycles. The van der Waals surface area contributed by atoms with Crippen LogP contribution in [0.4, 0.5) is 0 Å². The maximum atomic E-state index is 5.83. The molecule has 2 rings (SSSR count). The van der Waals surface area contributed by atoms with Crippen LogP contribution in [0, 0.1) is 0 Å². The van der Waals surface area contributed by atoms with Crippen LogP contribution in [0.25, 0.3) is 0 Å². The minimum absolute atomic E-state index is 0.424. The lowest BCUT2D eigenvalue weighted by Crippen LogP contribution is -2.02. The fourth-order valence-electron chi connectivity index (χ4n) is 1.75. The van der Waals surface area contributed by atoms with Gasteiger partial charge in [-0.15, -0.1) is 11.3 Å². The van der Waals surface area contributed by atoms with Gasteiger partial charge in [-0.25, -0.2) is 4.98 Å². The van der Waals surface area contributed by atoms with E-state index in [4.69, 9.17) is 15.2 Å². The van der Waals surface area contributed by atoms with Gasteiger partial charge in [0.25, 0.3) is 0 Å². The molecule has 0 saturated carbocycles. The molecule has 20 heavy (non-hydrogen) atoms. The van der Waals surface area contributed by atoms with Crippen molar-refractivity contribution < 1.29 is 9.47 Å². The van der Waals surface area contributed by atoms with Crippen LogP contribution in [0.1, 0.15) is 23.2 Å². The van der Waals surface area contributed by atoms with E-state index < -0.39 is 0 Å². The molecule has 2 N–H and O–H groups in total. The first-order chi connectivity index (χ1) is 9.67. The smallest absolute Gasteiger partial charge is 0.175 e. The summed E-state index contributed by atoms with van der Waals surface area (Å²) in [7, 11) is 1.62. The van der Waals surface area contributed by atoms with E-state index >= 15 is 0 Å². The lowest BCUT2D eigenvalue weighted by Gasteiger charge is -2.13. The number of thiazole rings is 1. The normalized spacial score (nSPS) is 10.6. The van der Waals surface area contributed by atoms with Gasteiger partial charge in [0.1, 0.15) is 6.61 Å². The van der Waals surface area contributed by atoms with Crippen molar-refractivity contribution in [3.8, 4) is 11.5 Å². The van der Waals surface area contributed by atoms with Gasteiger partial charge in [-0.05, 0) is 40.0 Å². The van der Waals surface area contributed by atoms with Crippen molar-refractivity contribution in [1.82, 2.24) is 4.98 Å². The highest BCUT2D eigenvalue weighted by Crippen LogP contribution is 2.37. The van der Waals surface area contributed by atoms with Crippen molar-refractivity contribution in [1.29, 1.82) is 0 Å². The predicted octanol–water partition coefficient (Wildman–Crippen LogP) is 3.51. The van der Waals surface area contributed by atoms with E-state index in [0.717, 1.165) is 27.2 Å². The third-order valence-corrected chi connectivity index (χ3v) is 4.42. The van der Waals surface area contributed by atoms with E-state index in [9.17, 15) is 0 Å². The summed E-state index contributed by atoms with van der Waals surface area (Å²) in [6.07, 6.45) is 0.947. The minimum atomic E-state index is 0.424. The highest BCUT2D eigenvalue weighted by molar-refractivity contribution is 9.10. The van der Waals surface area contributed by atoms with Crippen molar-refractivity contribution >= 4 is 27.3 Å². The topological polar surface area (TPSA) is 57.4 Å². The molecular weight excluding hydrogens is 340 g/mol. The molecule has 0 spiro atoms. The number of aryl methyl sites for hydroxylation is 1. The third kappa shape index (κ3) is 3.50. The maximum Gasteiger partial charge on any atom is 0.175 e. The van der Waals surface area contributed by atoms with Crippen molar-refractivity contribution in [2.75, 3.05) is 7.11 Å². The summed E-state index contributed by atoms with van der Waals surface area (Å²) in [5.74, 6) is 1.35. The van der Waals surface area contributed by atoms with Crippen LogP contribution < -0.4 is 15.2 Å². The minimum Gasteiger partial charge on any atom is -0.493 e. The van der Waals surface area contributed by atoms with Crippen LogP contribution in [0.2, 0.25) is 0 Å². The van der Waals surface area contributed by atoms with Gasteiger partial charge in [-0.1, -0.05) is 6.92 Å². The Hall–Kier alpha value is -1.11. The van der Waals surface area contributed by atoms with Gasteiger partial charge >= 0.3 is 0 Å². The van der Waals surface area contributed by atoms with Gasteiger partial charge in [0.2, 0.25) is 0 Å². The van der Waals surface area contributed by atoms with Crippen LogP contribution in [0.15, 0.2) is 22.0 Å². The summed E-state index contributed by atoms with van der Waals surface area (Å²) in [6.45, 7) is 2.98. The van der Waals surface area contributed by atoms with Gasteiger partial charge in [0, 0.05) is 11.9 Å². The average molecular weight is 357 g/mol. The van der Waals surface area contributed by atoms with Gasteiger partial charge in [-0.3, -0.25) is 0 Å². The Morgan fingerprint density at radius 3 is 2.80 bits per heavy atom. The van der Waals surface area contributed by atoms with E-state index in [0.29, 0.717) is 24.7 Å². The fourth-order valence-corrected chi connectivity index (χ4v) is 3.09. The zero-order chi connectivity index (χ0) is 14.5. The standard InChI is InChI=1S/C14H17BrN2O2S/c1-3-13-17-10(8-20-13)7-19-14-11(15)4-9(6-16)5-12(14)18-2/h4-5,8H,3,6-7,16H2,1-2H3. The maximum absolute atomic E-state index is 5.83. The monoisotopic (exact) mass is 356 g/mol. The summed E-state index contributed by atoms with van der Waals surface area (Å²) in [4.78, 5) is 4.48. The number of aromatic nitrogens is 1. The first kappa shape index (κ1) is 15.3. The first-order valence-electron chi connectivity index (χ1n) is 6.30. The van der Waals surface area contributed by atoms with E-state index in [1.165, 1.54) is 0 Å². The molecule has 0 radical (unpaired) electrons. The van der Waals surface area contributed by atoms with Gasteiger partial charge in [0.05, 0.1) is 22.3 Å². The Bertz CT molecular complexity index is 587. The van der Waals surface area contributed by atoms with Crippen LogP contribution in [-0.2, 0) is 19.6 Å². The molecule has 6 heteroatoms. The Balaban J connectivity index is 2.16. The zero-order valence-corrected chi connectivity index (χ0v) is 13.9. The lowest BCUT2D eigenvalue weighted by molar-refractivity contribution is 0.279. The summed E-state index contributed by atoms with van der Waals surface area (Å²) in [5, 5.41) is 3.14. The Kier molecular flexibility index (Phi) is 5.39. The molecule has 0 fully saturated rings. The van der Waals surface area contributed by atoms with E-state index in [1.807, 2.05) is 17.5 Å². The van der Waals surface area contributed by atoms with E-state index in [-0.39, 0.29) is 0 Å². The number of ether oxygens (including phenoxy) is 2. The molecule has 4 nitrogen and oxygen atoms in total. The number of benzene rings is 1. The predicted molar refractivity (Wildman–Crippen MR) is 84.4 cm³/mol. The van der Waals surface area contributed by atoms with Crippen molar-refractivity contribution in [3.05, 3.63) is 38.3 Å². The van der Waals surface area contributed by atoms with E-state index in [2.05, 4.69) is 27.8 Å². The molecule has 0 unspecified atom stereocenters. The summed E-state index contributed by atoms with van der Waals surface area (Å²) >= 11 is 5.15. The van der Waals surface area contributed by atoms with Crippen LogP contribution in [0.3, 0.4) is 0 Å². The Morgan fingerprint density at radius 2 is 2.20 bits per heavy atom. The number of hydrogen-bond donors (Lipinski definition) is 1. The highest BCUT2D eigenvalue weighted by Gasteiger charge is 2.12. The number of methoxy groups -OCH3 is 1. The zero-order valence-electron chi connectivity index (χ0n) is 11.5. The number of halogens is 1. The summed E-state index contributed by atoms with van der Waals surface area (Å²) in [6, 6.07) is 3.83. The molecule has 0 atom stereocenters. The van der Waals surface area contributed by atoms with Crippen LogP contribution in [0.5, 0.6) is 11.5 Å². The van der Waals surface area contributed by atoms with Crippen LogP contribution in [-0.4, -0.2) is 12.1 Å². The largest absolute Gasteiger partial charge is 0.493 e. The second-order valence-corrected chi connectivity index (χ2v) is 5.98. The average Bonchev–Trinajstić information content (AvgIpc) is 2.93. The molecule has 108 valence electrons. The summed E-state index contributed by atoms with van der Waals surface area (Å²) in [5.41, 5.74) is 7.57. The molecule has 0 bridgehead atoms. The molecule has 1 aromatic carbocycles. The van der Waals surface area contributed by atoms with Gasteiger partial charge in [-0.2, -0.15) is 0 Å². The SMILES string of the molecule is CCc1nc(COc2c(Br)cc(CN)cc2OC)cs1. The summed E-state index contributed by atoms with van der Waals surface area (Å²) < 4.78 is 12.0.